The number of nitrogens with one attached hydrogen (secondary N) is 1. The lowest BCUT2D eigenvalue weighted by Crippen LogP contribution is -2.30. The number of aromatic nitrogens is 1. The molecule has 2 rings (SSSR count). The van der Waals surface area contributed by atoms with Gasteiger partial charge in [0.1, 0.15) is 6.07 Å². The SMILES string of the molecule is C[C@@H](OC(=O)C[C@H](C)c1cccnc1)C(=O)Nc1ccccc1C#N. The van der Waals surface area contributed by atoms with Gasteiger partial charge < -0.3 is 10.1 Å². The minimum Gasteiger partial charge on any atom is -0.453 e. The van der Waals surface area contributed by atoms with E-state index in [1.807, 2.05) is 19.1 Å². The lowest BCUT2D eigenvalue weighted by Gasteiger charge is -2.16. The first-order valence-corrected chi connectivity index (χ1v) is 7.90. The summed E-state index contributed by atoms with van der Waals surface area (Å²) in [5, 5.41) is 11.6. The lowest BCUT2D eigenvalue weighted by atomic mass is 10.00. The third-order valence-corrected chi connectivity index (χ3v) is 3.71. The van der Waals surface area contributed by atoms with Crippen molar-refractivity contribution in [2.75, 3.05) is 5.32 Å². The van der Waals surface area contributed by atoms with Gasteiger partial charge in [0.25, 0.3) is 5.91 Å². The molecule has 2 aromatic rings. The van der Waals surface area contributed by atoms with Crippen LogP contribution in [0.15, 0.2) is 48.8 Å². The summed E-state index contributed by atoms with van der Waals surface area (Å²) in [7, 11) is 0. The Morgan fingerprint density at radius 1 is 1.24 bits per heavy atom. The summed E-state index contributed by atoms with van der Waals surface area (Å²) >= 11 is 0. The molecule has 0 aliphatic carbocycles. The van der Waals surface area contributed by atoms with E-state index in [0.29, 0.717) is 11.3 Å². The number of nitriles is 1. The summed E-state index contributed by atoms with van der Waals surface area (Å²) in [6.07, 6.45) is 2.56. The molecule has 128 valence electrons. The standard InChI is InChI=1S/C19H19N3O3/c1-13(16-7-5-9-21-12-16)10-18(23)25-14(2)19(24)22-17-8-4-3-6-15(17)11-20/h3-9,12-14H,10H2,1-2H3,(H,22,24)/t13-,14+/m0/s1. The van der Waals surface area contributed by atoms with E-state index in [2.05, 4.69) is 10.3 Å². The lowest BCUT2D eigenvalue weighted by molar-refractivity contribution is -0.153. The molecule has 2 atom stereocenters. The number of esters is 1. The van der Waals surface area contributed by atoms with Gasteiger partial charge >= 0.3 is 5.97 Å². The highest BCUT2D eigenvalue weighted by Crippen LogP contribution is 2.19. The number of hydrogen-bond donors (Lipinski definition) is 1. The summed E-state index contributed by atoms with van der Waals surface area (Å²) in [6.45, 7) is 3.39. The van der Waals surface area contributed by atoms with Crippen LogP contribution in [0.25, 0.3) is 0 Å². The maximum atomic E-state index is 12.2. The molecule has 0 aliphatic rings. The molecule has 1 aromatic carbocycles. The molecule has 0 radical (unpaired) electrons. The van der Waals surface area contributed by atoms with Gasteiger partial charge in [-0.25, -0.2) is 0 Å². The molecule has 0 aliphatic heterocycles. The average molecular weight is 337 g/mol. The van der Waals surface area contributed by atoms with Crippen LogP contribution >= 0.6 is 0 Å². The number of amides is 1. The van der Waals surface area contributed by atoms with Crippen molar-refractivity contribution < 1.29 is 14.3 Å². The van der Waals surface area contributed by atoms with Crippen LogP contribution in [-0.2, 0) is 14.3 Å². The number of carbonyl (C=O) groups excluding carboxylic acids is 2. The van der Waals surface area contributed by atoms with Crippen LogP contribution in [0, 0.1) is 11.3 Å². The number of carbonyl (C=O) groups is 2. The molecular weight excluding hydrogens is 318 g/mol. The van der Waals surface area contributed by atoms with Crippen molar-refractivity contribution in [3.8, 4) is 6.07 Å². The molecule has 1 aromatic heterocycles. The number of nitrogens with zero attached hydrogens (tertiary/aromatic N) is 2. The van der Waals surface area contributed by atoms with Gasteiger partial charge in [-0.05, 0) is 36.6 Å². The fourth-order valence-corrected chi connectivity index (χ4v) is 2.26. The van der Waals surface area contributed by atoms with E-state index in [1.165, 1.54) is 6.92 Å². The Morgan fingerprint density at radius 2 is 2.00 bits per heavy atom. The predicted octanol–water partition coefficient (Wildman–Crippen LogP) is 3.02. The fraction of sp³-hybridized carbons (Fsp3) is 0.263. The van der Waals surface area contributed by atoms with E-state index in [1.54, 1.807) is 42.7 Å². The molecular formula is C19H19N3O3. The third kappa shape index (κ3) is 5.15. The zero-order chi connectivity index (χ0) is 18.2. The minimum atomic E-state index is -0.958. The van der Waals surface area contributed by atoms with E-state index in [-0.39, 0.29) is 12.3 Å². The van der Waals surface area contributed by atoms with Crippen molar-refractivity contribution in [2.24, 2.45) is 0 Å². The average Bonchev–Trinajstić information content (AvgIpc) is 2.62. The molecule has 6 nitrogen and oxygen atoms in total. The number of benzene rings is 1. The number of pyridine rings is 1. The Labute approximate surface area is 146 Å². The molecule has 0 spiro atoms. The van der Waals surface area contributed by atoms with Crippen LogP contribution < -0.4 is 5.32 Å². The van der Waals surface area contributed by atoms with Crippen LogP contribution in [0.2, 0.25) is 0 Å². The van der Waals surface area contributed by atoms with E-state index in [9.17, 15) is 9.59 Å². The van der Waals surface area contributed by atoms with Gasteiger partial charge in [0.2, 0.25) is 0 Å². The van der Waals surface area contributed by atoms with E-state index in [0.717, 1.165) is 5.56 Å². The molecule has 1 N–H and O–H groups in total. The number of ether oxygens (including phenoxy) is 1. The minimum absolute atomic E-state index is 0.0595. The van der Waals surface area contributed by atoms with Crippen molar-refractivity contribution in [3.63, 3.8) is 0 Å². The number of rotatable bonds is 6. The summed E-state index contributed by atoms with van der Waals surface area (Å²) in [5.41, 5.74) is 1.67. The number of anilines is 1. The topological polar surface area (TPSA) is 92.1 Å². The van der Waals surface area contributed by atoms with Crippen molar-refractivity contribution in [1.29, 1.82) is 5.26 Å². The predicted molar refractivity (Wildman–Crippen MR) is 92.6 cm³/mol. The zero-order valence-corrected chi connectivity index (χ0v) is 14.1. The van der Waals surface area contributed by atoms with E-state index in [4.69, 9.17) is 10.00 Å². The highest BCUT2D eigenvalue weighted by atomic mass is 16.5. The Balaban J connectivity index is 1.90. The van der Waals surface area contributed by atoms with Gasteiger partial charge in [-0.2, -0.15) is 5.26 Å². The highest BCUT2D eigenvalue weighted by molar-refractivity contribution is 5.96. The summed E-state index contributed by atoms with van der Waals surface area (Å²) < 4.78 is 5.20. The Hall–Kier alpha value is -3.20. The third-order valence-electron chi connectivity index (χ3n) is 3.71. The van der Waals surface area contributed by atoms with Gasteiger partial charge in [-0.1, -0.05) is 25.1 Å². The molecule has 0 saturated heterocycles. The van der Waals surface area contributed by atoms with Gasteiger partial charge in [0.15, 0.2) is 6.10 Å². The molecule has 0 saturated carbocycles. The maximum absolute atomic E-state index is 12.2. The Morgan fingerprint density at radius 3 is 2.68 bits per heavy atom. The second-order valence-corrected chi connectivity index (χ2v) is 5.67. The van der Waals surface area contributed by atoms with Crippen molar-refractivity contribution in [1.82, 2.24) is 4.98 Å². The fourth-order valence-electron chi connectivity index (χ4n) is 2.26. The van der Waals surface area contributed by atoms with Crippen LogP contribution in [0.4, 0.5) is 5.69 Å². The first kappa shape index (κ1) is 18.1. The molecule has 6 heteroatoms. The van der Waals surface area contributed by atoms with Crippen LogP contribution in [0.1, 0.15) is 37.3 Å². The number of hydrogen-bond acceptors (Lipinski definition) is 5. The molecule has 1 heterocycles. The first-order chi connectivity index (χ1) is 12.0. The van der Waals surface area contributed by atoms with Gasteiger partial charge in [0, 0.05) is 12.4 Å². The van der Waals surface area contributed by atoms with Crippen molar-refractivity contribution in [3.05, 3.63) is 59.9 Å². The summed E-state index contributed by atoms with van der Waals surface area (Å²) in [6, 6.07) is 12.3. The van der Waals surface area contributed by atoms with Gasteiger partial charge in [0.05, 0.1) is 17.7 Å². The van der Waals surface area contributed by atoms with Crippen molar-refractivity contribution >= 4 is 17.6 Å². The Bertz CT molecular complexity index is 784. The van der Waals surface area contributed by atoms with Crippen LogP contribution in [-0.4, -0.2) is 23.0 Å². The van der Waals surface area contributed by atoms with Gasteiger partial charge in [-0.15, -0.1) is 0 Å². The van der Waals surface area contributed by atoms with Crippen molar-refractivity contribution in [2.45, 2.75) is 32.3 Å². The highest BCUT2D eigenvalue weighted by Gasteiger charge is 2.20. The van der Waals surface area contributed by atoms with Crippen LogP contribution in [0.3, 0.4) is 0 Å². The normalized spacial score (nSPS) is 12.5. The second kappa shape index (κ2) is 8.60. The Kier molecular flexibility index (Phi) is 6.24. The molecule has 1 amide bonds. The first-order valence-electron chi connectivity index (χ1n) is 7.90. The monoisotopic (exact) mass is 337 g/mol. The molecule has 0 fully saturated rings. The molecule has 25 heavy (non-hydrogen) atoms. The zero-order valence-electron chi connectivity index (χ0n) is 14.1. The maximum Gasteiger partial charge on any atom is 0.307 e. The van der Waals surface area contributed by atoms with E-state index < -0.39 is 18.0 Å². The molecule has 0 unspecified atom stereocenters. The smallest absolute Gasteiger partial charge is 0.307 e. The quantitative estimate of drug-likeness (QED) is 0.818. The molecule has 0 bridgehead atoms. The van der Waals surface area contributed by atoms with Crippen LogP contribution in [0.5, 0.6) is 0 Å². The summed E-state index contributed by atoms with van der Waals surface area (Å²) in [5.74, 6) is -1.01. The number of para-hydroxylation sites is 1. The largest absolute Gasteiger partial charge is 0.453 e. The second-order valence-electron chi connectivity index (χ2n) is 5.67. The van der Waals surface area contributed by atoms with Gasteiger partial charge in [-0.3, -0.25) is 14.6 Å². The van der Waals surface area contributed by atoms with E-state index >= 15 is 0 Å². The summed E-state index contributed by atoms with van der Waals surface area (Å²) in [4.78, 5) is 28.2.